The molecule has 2 N–H and O–H groups in total. The van der Waals surface area contributed by atoms with Crippen molar-refractivity contribution in [3.63, 3.8) is 0 Å². The number of halogens is 2. The van der Waals surface area contributed by atoms with Gasteiger partial charge in [0.2, 0.25) is 5.91 Å². The van der Waals surface area contributed by atoms with E-state index in [2.05, 4.69) is 42.2 Å². The second-order valence-electron chi connectivity index (χ2n) is 5.13. The summed E-state index contributed by atoms with van der Waals surface area (Å²) < 4.78 is 0. The largest absolute Gasteiger partial charge is 0.481 e. The minimum atomic E-state index is -0.916. The highest BCUT2D eigenvalue weighted by atomic mass is 79.9. The number of amides is 1. The van der Waals surface area contributed by atoms with Crippen molar-refractivity contribution in [2.75, 3.05) is 0 Å². The summed E-state index contributed by atoms with van der Waals surface area (Å²) >= 11 is 6.97. The van der Waals surface area contributed by atoms with Crippen molar-refractivity contribution < 1.29 is 14.7 Å². The number of nitrogens with zero attached hydrogens (tertiary/aromatic N) is 1. The van der Waals surface area contributed by atoms with Crippen molar-refractivity contribution in [3.8, 4) is 0 Å². The Hall–Kier alpha value is -0.950. The number of alkyl halides is 2. The van der Waals surface area contributed by atoms with Gasteiger partial charge in [0.05, 0.1) is 11.8 Å². The van der Waals surface area contributed by atoms with E-state index in [0.29, 0.717) is 19.4 Å². The molecule has 1 aliphatic rings. The SMILES string of the molecule is O=C(O)[C@@H]1C[C@H](Br)[C@@H](Br)C[C@H]1C(=O)NCc1cccnc1. The highest BCUT2D eigenvalue weighted by Gasteiger charge is 2.42. The smallest absolute Gasteiger partial charge is 0.307 e. The van der Waals surface area contributed by atoms with Crippen molar-refractivity contribution in [2.45, 2.75) is 29.0 Å². The third kappa shape index (κ3) is 4.26. The van der Waals surface area contributed by atoms with Gasteiger partial charge >= 0.3 is 5.97 Å². The maximum atomic E-state index is 12.3. The van der Waals surface area contributed by atoms with Crippen LogP contribution in [0.1, 0.15) is 18.4 Å². The summed E-state index contributed by atoms with van der Waals surface area (Å²) in [6, 6.07) is 3.66. The first kappa shape index (κ1) is 16.4. The molecule has 5 nitrogen and oxygen atoms in total. The summed E-state index contributed by atoms with van der Waals surface area (Å²) in [5.41, 5.74) is 0.891. The monoisotopic (exact) mass is 418 g/mol. The fraction of sp³-hybridized carbons (Fsp3) is 0.500. The van der Waals surface area contributed by atoms with Gasteiger partial charge in [-0.05, 0) is 24.5 Å². The van der Waals surface area contributed by atoms with E-state index in [0.717, 1.165) is 5.56 Å². The normalized spacial score (nSPS) is 28.9. The molecule has 7 heteroatoms. The highest BCUT2D eigenvalue weighted by Crippen LogP contribution is 2.38. The number of hydrogen-bond donors (Lipinski definition) is 2. The van der Waals surface area contributed by atoms with Crippen LogP contribution in [0.4, 0.5) is 0 Å². The molecule has 1 aliphatic carbocycles. The summed E-state index contributed by atoms with van der Waals surface area (Å²) in [5, 5.41) is 12.1. The Morgan fingerprint density at radius 2 is 1.95 bits per heavy atom. The lowest BCUT2D eigenvalue weighted by molar-refractivity contribution is -0.148. The van der Waals surface area contributed by atoms with Crippen LogP contribution in [-0.4, -0.2) is 31.6 Å². The lowest BCUT2D eigenvalue weighted by Gasteiger charge is -2.33. The quantitative estimate of drug-likeness (QED) is 0.734. The van der Waals surface area contributed by atoms with Gasteiger partial charge in [0.15, 0.2) is 0 Å². The molecule has 1 saturated carbocycles. The van der Waals surface area contributed by atoms with Gasteiger partial charge in [-0.25, -0.2) is 0 Å². The molecule has 4 atom stereocenters. The number of hydrogen-bond acceptors (Lipinski definition) is 3. The Morgan fingerprint density at radius 1 is 1.29 bits per heavy atom. The van der Waals surface area contributed by atoms with Crippen LogP contribution in [0.2, 0.25) is 0 Å². The minimum Gasteiger partial charge on any atom is -0.481 e. The number of carbonyl (C=O) groups is 2. The number of carboxylic acid groups (broad SMARTS) is 1. The number of nitrogens with one attached hydrogen (secondary N) is 1. The molecule has 1 aromatic rings. The first-order valence-electron chi connectivity index (χ1n) is 6.66. The molecule has 0 radical (unpaired) electrons. The van der Waals surface area contributed by atoms with Gasteiger partial charge in [-0.15, -0.1) is 0 Å². The van der Waals surface area contributed by atoms with E-state index in [9.17, 15) is 14.7 Å². The number of rotatable bonds is 4. The minimum absolute atomic E-state index is 0.0703. The standard InChI is InChI=1S/C14H16Br2N2O3/c15-11-4-9(10(14(20)21)5-12(11)16)13(19)18-7-8-2-1-3-17-6-8/h1-3,6,9-12H,4-5,7H2,(H,18,19)(H,20,21)/t9-,10-,11+,12+/m1/s1. The van der Waals surface area contributed by atoms with E-state index in [-0.39, 0.29) is 15.6 Å². The fourth-order valence-corrected chi connectivity index (χ4v) is 3.73. The zero-order valence-corrected chi connectivity index (χ0v) is 14.4. The van der Waals surface area contributed by atoms with Crippen LogP contribution in [-0.2, 0) is 16.1 Å². The highest BCUT2D eigenvalue weighted by molar-refractivity contribution is 9.12. The number of carboxylic acids is 1. The van der Waals surface area contributed by atoms with Crippen LogP contribution < -0.4 is 5.32 Å². The summed E-state index contributed by atoms with van der Waals surface area (Å²) in [6.45, 7) is 0.361. The van der Waals surface area contributed by atoms with Crippen molar-refractivity contribution >= 4 is 43.7 Å². The van der Waals surface area contributed by atoms with Gasteiger partial charge in [0.25, 0.3) is 0 Å². The molecular formula is C14H16Br2N2O3. The number of carbonyl (C=O) groups excluding carboxylic acids is 1. The molecule has 0 saturated heterocycles. The van der Waals surface area contributed by atoms with E-state index in [4.69, 9.17) is 0 Å². The zero-order chi connectivity index (χ0) is 15.4. The molecular weight excluding hydrogens is 404 g/mol. The van der Waals surface area contributed by atoms with E-state index >= 15 is 0 Å². The Morgan fingerprint density at radius 3 is 2.52 bits per heavy atom. The number of aromatic nitrogens is 1. The number of pyridine rings is 1. The summed E-state index contributed by atoms with van der Waals surface area (Å²) in [5.74, 6) is -2.30. The first-order chi connectivity index (χ1) is 9.99. The number of aliphatic carboxylic acids is 1. The molecule has 114 valence electrons. The molecule has 0 bridgehead atoms. The van der Waals surface area contributed by atoms with Gasteiger partial charge < -0.3 is 10.4 Å². The Balaban J connectivity index is 2.00. The van der Waals surface area contributed by atoms with Gasteiger partial charge in [0.1, 0.15) is 0 Å². The van der Waals surface area contributed by atoms with E-state index in [1.54, 1.807) is 18.5 Å². The Bertz CT molecular complexity index is 512. The van der Waals surface area contributed by atoms with Gasteiger partial charge in [-0.1, -0.05) is 37.9 Å². The fourth-order valence-electron chi connectivity index (χ4n) is 2.49. The van der Waals surface area contributed by atoms with Crippen molar-refractivity contribution in [1.29, 1.82) is 0 Å². The molecule has 1 aromatic heterocycles. The van der Waals surface area contributed by atoms with Crippen LogP contribution in [0.5, 0.6) is 0 Å². The maximum Gasteiger partial charge on any atom is 0.307 e. The van der Waals surface area contributed by atoms with Crippen LogP contribution in [0, 0.1) is 11.8 Å². The van der Waals surface area contributed by atoms with Crippen molar-refractivity contribution in [3.05, 3.63) is 30.1 Å². The van der Waals surface area contributed by atoms with Crippen LogP contribution in [0.25, 0.3) is 0 Å². The summed E-state index contributed by atoms with van der Waals surface area (Å²) in [7, 11) is 0. The molecule has 0 unspecified atom stereocenters. The predicted octanol–water partition coefficient (Wildman–Crippen LogP) is 2.34. The second kappa shape index (κ2) is 7.35. The molecule has 0 spiro atoms. The van der Waals surface area contributed by atoms with Crippen molar-refractivity contribution in [2.24, 2.45) is 11.8 Å². The van der Waals surface area contributed by atoms with E-state index in [1.807, 2.05) is 6.07 Å². The topological polar surface area (TPSA) is 79.3 Å². The third-order valence-electron chi connectivity index (χ3n) is 3.68. The first-order valence-corrected chi connectivity index (χ1v) is 8.49. The lowest BCUT2D eigenvalue weighted by atomic mass is 9.78. The second-order valence-corrected chi connectivity index (χ2v) is 7.49. The zero-order valence-electron chi connectivity index (χ0n) is 11.2. The molecule has 1 amide bonds. The van der Waals surface area contributed by atoms with Crippen LogP contribution in [0.15, 0.2) is 24.5 Å². The van der Waals surface area contributed by atoms with Gasteiger partial charge in [-0.2, -0.15) is 0 Å². The van der Waals surface area contributed by atoms with Crippen molar-refractivity contribution in [1.82, 2.24) is 10.3 Å². The maximum absolute atomic E-state index is 12.3. The molecule has 2 rings (SSSR count). The molecule has 0 aromatic carbocycles. The van der Waals surface area contributed by atoms with E-state index < -0.39 is 17.8 Å². The average molecular weight is 420 g/mol. The van der Waals surface area contributed by atoms with Crippen LogP contribution >= 0.6 is 31.9 Å². The summed E-state index contributed by atoms with van der Waals surface area (Å²) in [4.78, 5) is 27.8. The Labute approximate surface area is 139 Å². The van der Waals surface area contributed by atoms with Gasteiger partial charge in [-0.3, -0.25) is 14.6 Å². The summed E-state index contributed by atoms with van der Waals surface area (Å²) in [6.07, 6.45) is 4.29. The molecule has 0 aliphatic heterocycles. The van der Waals surface area contributed by atoms with E-state index in [1.165, 1.54) is 0 Å². The lowest BCUT2D eigenvalue weighted by Crippen LogP contribution is -2.44. The predicted molar refractivity (Wildman–Crippen MR) is 85.4 cm³/mol. The third-order valence-corrected chi connectivity index (χ3v) is 6.41. The Kier molecular flexibility index (Phi) is 5.75. The van der Waals surface area contributed by atoms with Gasteiger partial charge in [0, 0.05) is 28.6 Å². The molecule has 1 heterocycles. The molecule has 21 heavy (non-hydrogen) atoms. The average Bonchev–Trinajstić information content (AvgIpc) is 2.48. The van der Waals surface area contributed by atoms with Crippen LogP contribution in [0.3, 0.4) is 0 Å². The molecule has 1 fully saturated rings.